The number of benzene rings is 3. The third-order valence-electron chi connectivity index (χ3n) is 7.52. The fraction of sp³-hybridized carbons (Fsp3) is 0.259. The van der Waals surface area contributed by atoms with E-state index in [2.05, 4.69) is 15.7 Å². The first-order valence-corrected chi connectivity index (χ1v) is 12.9. The van der Waals surface area contributed by atoms with Gasteiger partial charge in [-0.3, -0.25) is 9.48 Å². The van der Waals surface area contributed by atoms with Gasteiger partial charge in [0.1, 0.15) is 18.2 Å². The summed E-state index contributed by atoms with van der Waals surface area (Å²) in [7, 11) is 0. The van der Waals surface area contributed by atoms with Gasteiger partial charge >= 0.3 is 6.18 Å². The summed E-state index contributed by atoms with van der Waals surface area (Å²) in [6.07, 6.45) is -8.97. The smallest absolute Gasteiger partial charge is 0.375 e. The molecule has 0 radical (unpaired) electrons. The van der Waals surface area contributed by atoms with Crippen LogP contribution in [0.2, 0.25) is 5.02 Å². The molecule has 0 saturated heterocycles. The highest BCUT2D eigenvalue weighted by molar-refractivity contribution is 6.31. The Kier molecular flexibility index (Phi) is 6.74. The number of fused-ring (bicyclic) bond motifs is 4. The van der Waals surface area contributed by atoms with Crippen molar-refractivity contribution < 1.29 is 45.7 Å². The Balaban J connectivity index is 1.50. The van der Waals surface area contributed by atoms with Crippen molar-refractivity contribution in [2.24, 2.45) is 0 Å². The molecule has 226 valence electrons. The van der Waals surface area contributed by atoms with E-state index in [1.165, 1.54) is 18.3 Å². The van der Waals surface area contributed by atoms with Gasteiger partial charge in [-0.2, -0.15) is 18.3 Å². The maximum Gasteiger partial charge on any atom is 0.423 e. The fourth-order valence-corrected chi connectivity index (χ4v) is 5.83. The van der Waals surface area contributed by atoms with Gasteiger partial charge in [0.25, 0.3) is 12.3 Å². The number of aliphatic hydroxyl groups excluding tert-OH is 1. The van der Waals surface area contributed by atoms with Crippen LogP contribution in [0, 0.1) is 11.6 Å². The third kappa shape index (κ3) is 4.62. The molecule has 0 fully saturated rings. The van der Waals surface area contributed by atoms with Gasteiger partial charge in [0.2, 0.25) is 12.0 Å². The zero-order valence-electron chi connectivity index (χ0n) is 21.4. The second-order valence-electron chi connectivity index (χ2n) is 10.1. The molecule has 3 atom stereocenters. The lowest BCUT2D eigenvalue weighted by molar-refractivity contribution is -0.259. The monoisotopic (exact) mass is 629 g/mol. The number of aromatic nitrogens is 2. The zero-order valence-corrected chi connectivity index (χ0v) is 22.2. The predicted octanol–water partition coefficient (Wildman–Crippen LogP) is 5.02. The van der Waals surface area contributed by atoms with E-state index in [1.807, 2.05) is 0 Å². The van der Waals surface area contributed by atoms with Crippen molar-refractivity contribution in [2.75, 3.05) is 16.8 Å². The average Bonchev–Trinajstić information content (AvgIpc) is 3.57. The van der Waals surface area contributed by atoms with Crippen LogP contribution in [0.1, 0.15) is 33.1 Å². The summed E-state index contributed by atoms with van der Waals surface area (Å²) in [5, 5.41) is 31.2. The molecule has 0 bridgehead atoms. The molecule has 0 aliphatic carbocycles. The minimum absolute atomic E-state index is 0.0191. The van der Waals surface area contributed by atoms with E-state index in [1.54, 1.807) is 0 Å². The van der Waals surface area contributed by atoms with E-state index in [-0.39, 0.29) is 44.0 Å². The number of aliphatic hydroxyl groups is 2. The van der Waals surface area contributed by atoms with E-state index >= 15 is 0 Å². The fourth-order valence-electron chi connectivity index (χ4n) is 5.60. The molecule has 1 aromatic heterocycles. The number of hydrogen-bond donors (Lipinski definition) is 4. The zero-order chi connectivity index (χ0) is 31.0. The van der Waals surface area contributed by atoms with Gasteiger partial charge in [-0.05, 0) is 42.5 Å². The number of anilines is 2. The van der Waals surface area contributed by atoms with E-state index in [9.17, 15) is 45.7 Å². The average molecular weight is 630 g/mol. The molecule has 1 amide bonds. The van der Waals surface area contributed by atoms with Gasteiger partial charge in [-0.15, -0.1) is 0 Å². The van der Waals surface area contributed by atoms with Crippen molar-refractivity contribution in [3.05, 3.63) is 87.6 Å². The summed E-state index contributed by atoms with van der Waals surface area (Å²) in [6.45, 7) is -2.11. The number of nitrogens with zero attached hydrogens (tertiary/aromatic N) is 3. The van der Waals surface area contributed by atoms with Crippen LogP contribution < -0.4 is 15.5 Å². The molecule has 4 aromatic rings. The number of carbonyl (C=O) groups excluding carboxylic acids is 1. The maximum absolute atomic E-state index is 14.2. The van der Waals surface area contributed by atoms with Gasteiger partial charge in [-0.1, -0.05) is 11.6 Å². The molecule has 2 aliphatic heterocycles. The van der Waals surface area contributed by atoms with Gasteiger partial charge in [-0.25, -0.2) is 17.6 Å². The minimum atomic E-state index is -5.26. The lowest BCUT2D eigenvalue weighted by Crippen LogP contribution is -2.49. The van der Waals surface area contributed by atoms with Crippen LogP contribution in [0.5, 0.6) is 0 Å². The highest BCUT2D eigenvalue weighted by Crippen LogP contribution is 2.50. The Morgan fingerprint density at radius 3 is 2.53 bits per heavy atom. The Morgan fingerprint density at radius 2 is 1.84 bits per heavy atom. The van der Waals surface area contributed by atoms with Crippen molar-refractivity contribution in [3.63, 3.8) is 0 Å². The van der Waals surface area contributed by atoms with E-state index in [4.69, 9.17) is 11.6 Å². The molecule has 8 nitrogen and oxygen atoms in total. The topological polar surface area (TPSA) is 103 Å². The summed E-state index contributed by atoms with van der Waals surface area (Å²) < 4.78 is 97.6. The van der Waals surface area contributed by atoms with Crippen molar-refractivity contribution in [1.29, 1.82) is 0 Å². The van der Waals surface area contributed by atoms with Crippen molar-refractivity contribution >= 4 is 39.8 Å². The number of carbonyl (C=O) groups is 1. The summed E-state index contributed by atoms with van der Waals surface area (Å²) in [5.41, 5.74) is -4.74. The van der Waals surface area contributed by atoms with Crippen LogP contribution in [0.4, 0.5) is 42.1 Å². The number of halogens is 8. The molecule has 3 aromatic carbocycles. The van der Waals surface area contributed by atoms with E-state index in [0.717, 1.165) is 33.8 Å². The second-order valence-corrected chi connectivity index (χ2v) is 10.5. The highest BCUT2D eigenvalue weighted by Gasteiger charge is 2.61. The van der Waals surface area contributed by atoms with Crippen LogP contribution >= 0.6 is 11.6 Å². The van der Waals surface area contributed by atoms with Crippen LogP contribution in [0.25, 0.3) is 10.9 Å². The lowest BCUT2D eigenvalue weighted by atomic mass is 9.94. The van der Waals surface area contributed by atoms with E-state index < -0.39 is 66.8 Å². The minimum Gasteiger partial charge on any atom is -0.375 e. The molecular formula is C27H19ClF7N5O3. The summed E-state index contributed by atoms with van der Waals surface area (Å²) in [4.78, 5) is 14.0. The Bertz CT molecular complexity index is 1780. The second kappa shape index (κ2) is 9.99. The number of alkyl halides is 5. The van der Waals surface area contributed by atoms with Gasteiger partial charge < -0.3 is 25.7 Å². The molecule has 6 rings (SSSR count). The predicted molar refractivity (Wildman–Crippen MR) is 140 cm³/mol. The van der Waals surface area contributed by atoms with Crippen molar-refractivity contribution in [3.8, 4) is 0 Å². The highest BCUT2D eigenvalue weighted by atomic mass is 35.5. The first kappa shape index (κ1) is 29.0. The SMILES string of the molecule is O=C1N[C@H](c2cc(F)ccc2Cl)c2c(NC(O)N3C[C@](O)(C(F)(F)F)c4cc(F)ccc43)cc3c(cnn3CC(F)F)c21. The lowest BCUT2D eigenvalue weighted by Gasteiger charge is -2.31. The number of amides is 1. The van der Waals surface area contributed by atoms with Gasteiger partial charge in [0.05, 0.1) is 29.9 Å². The van der Waals surface area contributed by atoms with Gasteiger partial charge in [0, 0.05) is 38.5 Å². The quantitative estimate of drug-likeness (QED) is 0.176. The normalized spacial score (nSPS) is 20.5. The molecule has 2 aliphatic rings. The van der Waals surface area contributed by atoms with Crippen LogP contribution in [0.3, 0.4) is 0 Å². The Labute approximate surface area is 242 Å². The van der Waals surface area contributed by atoms with Crippen LogP contribution in [-0.4, -0.2) is 51.4 Å². The molecule has 16 heteroatoms. The first-order chi connectivity index (χ1) is 20.2. The van der Waals surface area contributed by atoms with Crippen LogP contribution in [0.15, 0.2) is 48.7 Å². The van der Waals surface area contributed by atoms with E-state index in [0.29, 0.717) is 6.07 Å². The van der Waals surface area contributed by atoms with Crippen molar-refractivity contribution in [1.82, 2.24) is 15.1 Å². The number of nitrogens with one attached hydrogen (secondary N) is 2. The molecular weight excluding hydrogens is 611 g/mol. The van der Waals surface area contributed by atoms with Gasteiger partial charge in [0.15, 0.2) is 0 Å². The third-order valence-corrected chi connectivity index (χ3v) is 7.87. The molecule has 4 N–H and O–H groups in total. The Morgan fingerprint density at radius 1 is 1.14 bits per heavy atom. The number of hydrogen-bond acceptors (Lipinski definition) is 6. The molecule has 1 unspecified atom stereocenters. The van der Waals surface area contributed by atoms with Crippen molar-refractivity contribution in [2.45, 2.75) is 37.1 Å². The maximum atomic E-state index is 14.2. The molecule has 43 heavy (non-hydrogen) atoms. The molecule has 0 spiro atoms. The van der Waals surface area contributed by atoms with Crippen LogP contribution in [-0.2, 0) is 12.1 Å². The summed E-state index contributed by atoms with van der Waals surface area (Å²) in [6, 6.07) is 5.80. The first-order valence-electron chi connectivity index (χ1n) is 12.6. The largest absolute Gasteiger partial charge is 0.423 e. The number of rotatable bonds is 6. The summed E-state index contributed by atoms with van der Waals surface area (Å²) in [5.74, 6) is -2.47. The Hall–Kier alpha value is -4.08. The standard InChI is InChI=1S/C27H19ClF7N5O3/c28-16-3-1-11(29)5-13(16)23-22-17(7-19-14(21(22)24(41)38-23)8-36-40(19)9-20(31)32)37-25(42)39-10-26(43,27(33,34)35)15-6-12(30)2-4-18(15)39/h1-8,20,23,25,37,42-43H,9-10H2,(H,38,41)/t23-,25?,26-/m1/s1. The summed E-state index contributed by atoms with van der Waals surface area (Å²) >= 11 is 6.31. The molecule has 0 saturated carbocycles. The number of β-amino-alcohol motifs (C(OH)–C–C–N with tert-alkyl or cyclic N) is 1. The molecule has 3 heterocycles.